The third kappa shape index (κ3) is 16.0. The number of aromatic nitrogens is 6. The topological polar surface area (TPSA) is 157 Å². The Hall–Kier alpha value is -8.58. The number of fused-ring (bicyclic) bond motifs is 3. The van der Waals surface area contributed by atoms with Crippen LogP contribution in [-0.2, 0) is 4.74 Å². The van der Waals surface area contributed by atoms with Gasteiger partial charge in [-0.05, 0) is 237 Å². The highest BCUT2D eigenvalue weighted by Crippen LogP contribution is 2.47. The van der Waals surface area contributed by atoms with E-state index in [0.717, 1.165) is 217 Å². The third-order valence-electron chi connectivity index (χ3n) is 24.5. The van der Waals surface area contributed by atoms with Gasteiger partial charge in [0, 0.05) is 143 Å². The van der Waals surface area contributed by atoms with Crippen molar-refractivity contribution in [2.75, 3.05) is 150 Å². The minimum Gasteiger partial charge on any atom is -0.496 e. The van der Waals surface area contributed by atoms with Crippen LogP contribution in [0.25, 0.3) is 32.7 Å². The van der Waals surface area contributed by atoms with Crippen molar-refractivity contribution in [3.05, 3.63) is 162 Å². The van der Waals surface area contributed by atoms with Crippen molar-refractivity contribution in [3.8, 4) is 17.2 Å². The summed E-state index contributed by atoms with van der Waals surface area (Å²) in [6.07, 6.45) is 20.4. The highest BCUT2D eigenvalue weighted by Gasteiger charge is 2.35. The Morgan fingerprint density at radius 2 is 0.619 bits per heavy atom. The fourth-order valence-electron chi connectivity index (χ4n) is 17.6. The van der Waals surface area contributed by atoms with E-state index >= 15 is 0 Å². The lowest BCUT2D eigenvalue weighted by Gasteiger charge is -2.37. The molecule has 105 heavy (non-hydrogen) atoms. The fourth-order valence-corrected chi connectivity index (χ4v) is 17.6. The molecule has 0 bridgehead atoms. The Morgan fingerprint density at radius 3 is 0.914 bits per heavy atom. The second-order valence-corrected chi connectivity index (χ2v) is 31.5. The van der Waals surface area contributed by atoms with Gasteiger partial charge in [0.05, 0.1) is 50.1 Å². The number of hydrogen-bond acceptors (Lipinski definition) is 18. The molecule has 18 heteroatoms. The highest BCUT2D eigenvalue weighted by atomic mass is 16.5. The first-order chi connectivity index (χ1) is 51.5. The van der Waals surface area contributed by atoms with Crippen molar-refractivity contribution < 1.29 is 24.1 Å². The molecule has 0 atom stereocenters. The van der Waals surface area contributed by atoms with Gasteiger partial charge in [-0.2, -0.15) is 0 Å². The molecule has 0 radical (unpaired) electrons. The zero-order valence-corrected chi connectivity index (χ0v) is 62.9. The largest absolute Gasteiger partial charge is 0.496 e. The van der Waals surface area contributed by atoms with Crippen LogP contribution in [0.15, 0.2) is 127 Å². The molecule has 0 unspecified atom stereocenters. The lowest BCUT2D eigenvalue weighted by Crippen LogP contribution is -2.42. The summed E-state index contributed by atoms with van der Waals surface area (Å²) >= 11 is 0. The lowest BCUT2D eigenvalue weighted by molar-refractivity contribution is 0.0819. The quantitative estimate of drug-likeness (QED) is 0.0917. The number of methoxy groups -OCH3 is 4. The number of nitrogens with zero attached hydrogens (tertiary/aromatic N) is 13. The summed E-state index contributed by atoms with van der Waals surface area (Å²) in [5.41, 5.74) is 11.0. The Morgan fingerprint density at radius 1 is 0.324 bits per heavy atom. The van der Waals surface area contributed by atoms with Crippen LogP contribution >= 0.6 is 0 Å². The first kappa shape index (κ1) is 70.7. The van der Waals surface area contributed by atoms with Crippen LogP contribution in [0.1, 0.15) is 185 Å². The smallest absolute Gasteiger partial charge is 0.140 e. The first-order valence-corrected chi connectivity index (χ1v) is 39.7. The number of rotatable bonds is 17. The molecular weight excluding hydrogens is 1310 g/mol. The molecule has 6 saturated heterocycles. The summed E-state index contributed by atoms with van der Waals surface area (Å²) in [6.45, 7) is 12.1. The second kappa shape index (κ2) is 31.9. The van der Waals surface area contributed by atoms with Gasteiger partial charge in [-0.25, -0.2) is 29.9 Å². The summed E-state index contributed by atoms with van der Waals surface area (Å²) in [7, 11) is 11.6. The number of aliphatic hydroxyl groups is 1. The fraction of sp³-hybridized carbons (Fsp3) is 0.517. The zero-order valence-electron chi connectivity index (χ0n) is 62.9. The van der Waals surface area contributed by atoms with Gasteiger partial charge in [0.2, 0.25) is 0 Å². The van der Waals surface area contributed by atoms with Crippen molar-refractivity contribution in [1.29, 1.82) is 0 Å². The molecule has 18 rings (SSSR count). The van der Waals surface area contributed by atoms with Crippen LogP contribution < -0.4 is 43.6 Å². The average Bonchev–Trinajstić information content (AvgIpc) is 1.61. The summed E-state index contributed by atoms with van der Waals surface area (Å²) in [6, 6.07) is 46.5. The Bertz CT molecular complexity index is 4440. The van der Waals surface area contributed by atoms with E-state index in [-0.39, 0.29) is 6.10 Å². The van der Waals surface area contributed by atoms with E-state index in [2.05, 4.69) is 170 Å². The van der Waals surface area contributed by atoms with E-state index in [1.807, 2.05) is 13.2 Å². The first-order valence-electron chi connectivity index (χ1n) is 39.7. The van der Waals surface area contributed by atoms with Crippen molar-refractivity contribution in [1.82, 2.24) is 34.8 Å². The van der Waals surface area contributed by atoms with Gasteiger partial charge >= 0.3 is 0 Å². The summed E-state index contributed by atoms with van der Waals surface area (Å²) < 4.78 is 22.5. The van der Waals surface area contributed by atoms with Gasteiger partial charge in [-0.3, -0.25) is 0 Å². The van der Waals surface area contributed by atoms with E-state index in [1.165, 1.54) is 95.9 Å². The standard InChI is InChI=1S/C30H39N5O.C29H36N4O2.C28H34N4O2/c1-33(2)23-14-18-34(19-15-23)24-10-11-27-26(20-24)30(32-29(31-27)22-8-9-22)35-16-12-21(13-17-35)25-6-4-5-7-28(25)36-3;1-34-23-13-17-32(18-14-23)22-9-10-26-25(19-22)29(31-28(30-26)21-7-8-21)33-15-11-20(12-16-33)24-5-3-4-6-27(24)35-2;1-34-26-5-3-2-4-23(26)19-10-14-32(15-11-19)28-24-18-21(31-16-12-22(33)13-17-31)8-9-25(24)29-27(30-28)20-6-7-20/h4-7,10-11,20-23H,8-9,12-19H2,1-3H3;3-6,9-10,19-21,23H,7-8,11-18H2,1-2H3;2-5,8-9,18-20,22,33H,6-7,10-17H2,1H3. The number of hydrogen-bond donors (Lipinski definition) is 1. The van der Waals surface area contributed by atoms with Gasteiger partial charge in [-0.1, -0.05) is 54.6 Å². The molecule has 9 fully saturated rings. The van der Waals surface area contributed by atoms with Gasteiger partial charge in [0.1, 0.15) is 52.2 Å². The van der Waals surface area contributed by atoms with Gasteiger partial charge in [0.15, 0.2) is 0 Å². The predicted octanol–water partition coefficient (Wildman–Crippen LogP) is 15.8. The number of benzene rings is 6. The van der Waals surface area contributed by atoms with Crippen molar-refractivity contribution in [2.24, 2.45) is 0 Å². The monoisotopic (exact) mass is 1420 g/mol. The second-order valence-electron chi connectivity index (χ2n) is 31.5. The maximum absolute atomic E-state index is 9.92. The number of aliphatic hydroxyl groups excluding tert-OH is 1. The van der Waals surface area contributed by atoms with E-state index in [9.17, 15) is 5.11 Å². The van der Waals surface area contributed by atoms with E-state index in [0.29, 0.717) is 47.7 Å². The SMILES string of the molecule is COc1ccccc1C1CCN(c2nc(C3CC3)nc3ccc(N4CCC(N(C)C)CC4)cc23)CC1.COc1ccccc1C1CCN(c2nc(C3CC3)nc3ccc(N4CCC(O)CC4)cc23)CC1.COc1ccccc1C1CCN(c2nc(C3CC3)nc3ccc(N4CCC(OC)CC4)cc23)CC1. The van der Waals surface area contributed by atoms with Crippen molar-refractivity contribution in [3.63, 3.8) is 0 Å². The predicted molar refractivity (Wildman–Crippen MR) is 425 cm³/mol. The maximum atomic E-state index is 9.92. The van der Waals surface area contributed by atoms with Crippen LogP contribution in [0.2, 0.25) is 0 Å². The molecule has 3 saturated carbocycles. The minimum absolute atomic E-state index is 0.166. The third-order valence-corrected chi connectivity index (χ3v) is 24.5. The minimum atomic E-state index is -0.166. The molecule has 0 amide bonds. The molecule has 18 nitrogen and oxygen atoms in total. The van der Waals surface area contributed by atoms with E-state index in [4.69, 9.17) is 48.9 Å². The van der Waals surface area contributed by atoms with Gasteiger partial charge < -0.3 is 58.4 Å². The zero-order chi connectivity index (χ0) is 71.5. The van der Waals surface area contributed by atoms with Crippen LogP contribution in [-0.4, -0.2) is 179 Å². The highest BCUT2D eigenvalue weighted by molar-refractivity contribution is 5.94. The summed E-state index contributed by atoms with van der Waals surface area (Å²) in [5, 5.41) is 13.5. The molecule has 6 aliphatic heterocycles. The van der Waals surface area contributed by atoms with Gasteiger partial charge in [0.25, 0.3) is 0 Å². The van der Waals surface area contributed by atoms with Crippen molar-refractivity contribution in [2.45, 2.75) is 169 Å². The van der Waals surface area contributed by atoms with E-state index in [1.54, 1.807) is 21.3 Å². The molecule has 0 spiro atoms. The molecule has 9 aromatic rings. The Labute approximate surface area is 621 Å². The normalized spacial score (nSPS) is 20.0. The molecule has 1 N–H and O–H groups in total. The Balaban J connectivity index is 0.000000121. The average molecular weight is 1420 g/mol. The molecule has 9 aliphatic rings. The summed E-state index contributed by atoms with van der Waals surface area (Å²) in [5.74, 6) is 12.7. The van der Waals surface area contributed by atoms with E-state index < -0.39 is 0 Å². The number of ether oxygens (including phenoxy) is 4. The van der Waals surface area contributed by atoms with Crippen LogP contribution in [0.4, 0.5) is 34.5 Å². The number of piperidine rings is 6. The Kier molecular flexibility index (Phi) is 21.5. The number of anilines is 6. The summed E-state index contributed by atoms with van der Waals surface area (Å²) in [4.78, 5) is 47.8. The molecule has 6 aromatic carbocycles. The molecule has 3 aromatic heterocycles. The van der Waals surface area contributed by atoms with Crippen LogP contribution in [0.3, 0.4) is 0 Å². The maximum Gasteiger partial charge on any atom is 0.140 e. The van der Waals surface area contributed by atoms with Gasteiger partial charge in [-0.15, -0.1) is 0 Å². The van der Waals surface area contributed by atoms with Crippen LogP contribution in [0.5, 0.6) is 17.2 Å². The van der Waals surface area contributed by atoms with Crippen LogP contribution in [0, 0.1) is 0 Å². The number of para-hydroxylation sites is 3. The molecule has 552 valence electrons. The lowest BCUT2D eigenvalue weighted by atomic mass is 9.88. The molecule has 3 aliphatic carbocycles. The molecule has 9 heterocycles. The van der Waals surface area contributed by atoms with Crippen molar-refractivity contribution >= 4 is 67.2 Å². The molecular formula is C87H109N13O5.